The van der Waals surface area contributed by atoms with Crippen LogP contribution in [0.1, 0.15) is 27.2 Å². The number of aryl methyl sites for hydroxylation is 1. The smallest absolute Gasteiger partial charge is 0.277 e. The van der Waals surface area contributed by atoms with E-state index in [-0.39, 0.29) is 11.5 Å². The molecular formula is C20H23N5O3. The molecule has 146 valence electrons. The van der Waals surface area contributed by atoms with E-state index in [1.165, 1.54) is 5.56 Å². The minimum atomic E-state index is -0.407. The van der Waals surface area contributed by atoms with Crippen molar-refractivity contribution in [1.29, 1.82) is 0 Å². The van der Waals surface area contributed by atoms with Crippen molar-refractivity contribution >= 4 is 11.7 Å². The number of anilines is 1. The number of carbonyl (C=O) groups excluding carboxylic acids is 1. The second-order valence-electron chi connectivity index (χ2n) is 6.35. The summed E-state index contributed by atoms with van der Waals surface area (Å²) in [4.78, 5) is 11.8. The highest BCUT2D eigenvalue weighted by molar-refractivity contribution is 5.95. The summed E-state index contributed by atoms with van der Waals surface area (Å²) in [6, 6.07) is 16.2. The van der Waals surface area contributed by atoms with Crippen LogP contribution in [0.5, 0.6) is 5.75 Å². The van der Waals surface area contributed by atoms with Gasteiger partial charge in [-0.05, 0) is 40.5 Å². The first kappa shape index (κ1) is 19.4. The van der Waals surface area contributed by atoms with Gasteiger partial charge < -0.3 is 21.1 Å². The fraction of sp³-hybridized carbons (Fsp3) is 0.250. The van der Waals surface area contributed by atoms with Gasteiger partial charge in [0.25, 0.3) is 5.91 Å². The number of nitrogen functional groups attached to an aromatic ring is 1. The molecule has 1 amide bonds. The Balaban J connectivity index is 1.34. The number of hydrogen-bond acceptors (Lipinski definition) is 7. The summed E-state index contributed by atoms with van der Waals surface area (Å²) < 4.78 is 10.2. The molecule has 8 nitrogen and oxygen atoms in total. The zero-order valence-corrected chi connectivity index (χ0v) is 15.6. The summed E-state index contributed by atoms with van der Waals surface area (Å²) in [7, 11) is 0. The van der Waals surface area contributed by atoms with Crippen LogP contribution in [0.3, 0.4) is 0 Å². The van der Waals surface area contributed by atoms with E-state index in [0.29, 0.717) is 26.2 Å². The van der Waals surface area contributed by atoms with E-state index >= 15 is 0 Å². The van der Waals surface area contributed by atoms with Gasteiger partial charge in [-0.25, -0.2) is 4.63 Å². The van der Waals surface area contributed by atoms with Crippen molar-refractivity contribution < 1.29 is 14.2 Å². The molecule has 1 aromatic heterocycles. The highest BCUT2D eigenvalue weighted by atomic mass is 16.6. The molecule has 3 rings (SSSR count). The normalized spacial score (nSPS) is 10.6. The topological polar surface area (TPSA) is 115 Å². The highest BCUT2D eigenvalue weighted by Gasteiger charge is 2.14. The van der Waals surface area contributed by atoms with Crippen LogP contribution in [-0.2, 0) is 13.2 Å². The van der Waals surface area contributed by atoms with Crippen molar-refractivity contribution in [3.63, 3.8) is 0 Å². The van der Waals surface area contributed by atoms with Crippen molar-refractivity contribution in [3.05, 3.63) is 70.9 Å². The summed E-state index contributed by atoms with van der Waals surface area (Å²) in [5, 5.41) is 12.8. The fourth-order valence-electron chi connectivity index (χ4n) is 2.49. The Bertz CT molecular complexity index is 891. The maximum Gasteiger partial charge on any atom is 0.277 e. The third-order valence-corrected chi connectivity index (χ3v) is 4.09. The van der Waals surface area contributed by atoms with Crippen LogP contribution in [-0.4, -0.2) is 29.3 Å². The molecule has 0 bridgehead atoms. The molecule has 2 aromatic carbocycles. The Morgan fingerprint density at radius 2 is 1.75 bits per heavy atom. The molecule has 3 aromatic rings. The summed E-state index contributed by atoms with van der Waals surface area (Å²) in [5.74, 6) is 0.404. The molecule has 0 saturated carbocycles. The summed E-state index contributed by atoms with van der Waals surface area (Å²) >= 11 is 0. The summed E-state index contributed by atoms with van der Waals surface area (Å²) in [6.45, 7) is 4.33. The average Bonchev–Trinajstić information content (AvgIpc) is 3.14. The van der Waals surface area contributed by atoms with Gasteiger partial charge in [-0.2, -0.15) is 0 Å². The Kier molecular flexibility index (Phi) is 6.59. The summed E-state index contributed by atoms with van der Waals surface area (Å²) in [5.41, 5.74) is 8.97. The Labute approximate surface area is 163 Å². The van der Waals surface area contributed by atoms with Crippen molar-refractivity contribution in [2.45, 2.75) is 20.1 Å². The number of nitrogens with zero attached hydrogens (tertiary/aromatic N) is 2. The molecular weight excluding hydrogens is 358 g/mol. The molecule has 0 atom stereocenters. The number of hydrogen-bond donors (Lipinski definition) is 3. The first-order chi connectivity index (χ1) is 13.6. The van der Waals surface area contributed by atoms with E-state index in [0.717, 1.165) is 16.9 Å². The fourth-order valence-corrected chi connectivity index (χ4v) is 2.49. The van der Waals surface area contributed by atoms with Crippen LogP contribution in [0.15, 0.2) is 53.2 Å². The number of ether oxygens (including phenoxy) is 1. The molecule has 0 spiro atoms. The third kappa shape index (κ3) is 5.55. The van der Waals surface area contributed by atoms with E-state index in [9.17, 15) is 4.79 Å². The van der Waals surface area contributed by atoms with Gasteiger partial charge in [0.1, 0.15) is 12.4 Å². The molecule has 0 fully saturated rings. The van der Waals surface area contributed by atoms with E-state index in [1.54, 1.807) is 0 Å². The van der Waals surface area contributed by atoms with Gasteiger partial charge in [0.2, 0.25) is 11.5 Å². The molecule has 0 unspecified atom stereocenters. The van der Waals surface area contributed by atoms with Crippen molar-refractivity contribution in [3.8, 4) is 5.75 Å². The number of nitrogens with two attached hydrogens (primary N) is 1. The van der Waals surface area contributed by atoms with Crippen LogP contribution in [0.4, 0.5) is 5.82 Å². The van der Waals surface area contributed by atoms with Gasteiger partial charge in [-0.3, -0.25) is 4.79 Å². The molecule has 4 N–H and O–H groups in total. The molecule has 8 heteroatoms. The van der Waals surface area contributed by atoms with Crippen LogP contribution in [0.25, 0.3) is 0 Å². The van der Waals surface area contributed by atoms with Crippen LogP contribution in [0.2, 0.25) is 0 Å². The van der Waals surface area contributed by atoms with Crippen molar-refractivity contribution in [2.24, 2.45) is 0 Å². The lowest BCUT2D eigenvalue weighted by atomic mass is 10.2. The van der Waals surface area contributed by atoms with E-state index in [2.05, 4.69) is 56.8 Å². The standard InChI is InChI=1S/C20H23N5O3/c1-14-2-4-16(5-3-14)13-27-17-8-6-15(7-9-17)12-22-10-11-23-20(26)18-19(21)25-28-24-18/h2-9,22H,10-13H2,1H3,(H2,21,25)(H,23,26). The van der Waals surface area contributed by atoms with Crippen LogP contribution >= 0.6 is 0 Å². The Hall–Kier alpha value is -3.39. The maximum atomic E-state index is 11.8. The SMILES string of the molecule is Cc1ccc(COc2ccc(CNCCNC(=O)c3nonc3N)cc2)cc1. The van der Waals surface area contributed by atoms with Gasteiger partial charge in [0, 0.05) is 19.6 Å². The molecule has 0 aliphatic carbocycles. The molecule has 0 aliphatic heterocycles. The first-order valence-corrected chi connectivity index (χ1v) is 8.96. The van der Waals surface area contributed by atoms with E-state index in [1.807, 2.05) is 24.3 Å². The predicted molar refractivity (Wildman–Crippen MR) is 105 cm³/mol. The number of aromatic nitrogens is 2. The monoisotopic (exact) mass is 381 g/mol. The second-order valence-corrected chi connectivity index (χ2v) is 6.35. The molecule has 0 radical (unpaired) electrons. The second kappa shape index (κ2) is 9.52. The van der Waals surface area contributed by atoms with Gasteiger partial charge in [0.05, 0.1) is 0 Å². The maximum absolute atomic E-state index is 11.8. The van der Waals surface area contributed by atoms with Crippen molar-refractivity contribution in [1.82, 2.24) is 20.9 Å². The van der Waals surface area contributed by atoms with E-state index in [4.69, 9.17) is 10.5 Å². The number of benzene rings is 2. The number of nitrogens with one attached hydrogen (secondary N) is 2. The van der Waals surface area contributed by atoms with E-state index < -0.39 is 5.91 Å². The predicted octanol–water partition coefficient (Wildman–Crippen LogP) is 2.06. The van der Waals surface area contributed by atoms with Crippen LogP contribution in [0, 0.1) is 6.92 Å². The highest BCUT2D eigenvalue weighted by Crippen LogP contribution is 2.14. The minimum absolute atomic E-state index is 0.00114. The van der Waals surface area contributed by atoms with Gasteiger partial charge in [0.15, 0.2) is 0 Å². The molecule has 0 aliphatic rings. The largest absolute Gasteiger partial charge is 0.489 e. The first-order valence-electron chi connectivity index (χ1n) is 8.96. The Morgan fingerprint density at radius 3 is 2.43 bits per heavy atom. The lowest BCUT2D eigenvalue weighted by Gasteiger charge is -2.09. The lowest BCUT2D eigenvalue weighted by molar-refractivity contribution is 0.0944. The zero-order chi connectivity index (χ0) is 19.8. The van der Waals surface area contributed by atoms with Gasteiger partial charge in [-0.1, -0.05) is 42.0 Å². The third-order valence-electron chi connectivity index (χ3n) is 4.09. The molecule has 0 saturated heterocycles. The van der Waals surface area contributed by atoms with Gasteiger partial charge in [-0.15, -0.1) is 0 Å². The number of carbonyl (C=O) groups is 1. The van der Waals surface area contributed by atoms with Crippen molar-refractivity contribution in [2.75, 3.05) is 18.8 Å². The van der Waals surface area contributed by atoms with Gasteiger partial charge >= 0.3 is 0 Å². The molecule has 28 heavy (non-hydrogen) atoms. The number of amides is 1. The Morgan fingerprint density at radius 1 is 1.04 bits per heavy atom. The average molecular weight is 381 g/mol. The minimum Gasteiger partial charge on any atom is -0.489 e. The number of rotatable bonds is 9. The zero-order valence-electron chi connectivity index (χ0n) is 15.6. The quantitative estimate of drug-likeness (QED) is 0.486. The lowest BCUT2D eigenvalue weighted by Crippen LogP contribution is -2.32. The van der Waals surface area contributed by atoms with Crippen LogP contribution < -0.4 is 21.1 Å². The molecule has 1 heterocycles. The summed E-state index contributed by atoms with van der Waals surface area (Å²) in [6.07, 6.45) is 0.